The van der Waals surface area contributed by atoms with Crippen LogP contribution in [-0.2, 0) is 0 Å². The largest absolute Gasteiger partial charge is 0.248 e. The molecule has 21 heavy (non-hydrogen) atoms. The van der Waals surface area contributed by atoms with E-state index in [9.17, 15) is 0 Å². The molecule has 0 saturated carbocycles. The summed E-state index contributed by atoms with van der Waals surface area (Å²) in [5.74, 6) is 0.466. The zero-order chi connectivity index (χ0) is 14.7. The van der Waals surface area contributed by atoms with Crippen molar-refractivity contribution in [2.75, 3.05) is 0 Å². The summed E-state index contributed by atoms with van der Waals surface area (Å²) in [5, 5.41) is 0. The summed E-state index contributed by atoms with van der Waals surface area (Å²) in [6.45, 7) is 4.41. The Balaban J connectivity index is 2.16. The van der Waals surface area contributed by atoms with Gasteiger partial charge in [0.1, 0.15) is 0 Å². The molecule has 0 N–H and O–H groups in total. The molecular formula is C20H17N. The highest BCUT2D eigenvalue weighted by molar-refractivity contribution is 5.67. The molecule has 0 aliphatic heterocycles. The first-order chi connectivity index (χ1) is 10.2. The summed E-state index contributed by atoms with van der Waals surface area (Å²) in [6.07, 6.45) is 0. The number of rotatable bonds is 3. The molecule has 3 aromatic rings. The first-order valence-corrected chi connectivity index (χ1v) is 7.19. The maximum absolute atomic E-state index is 4.82. The van der Waals surface area contributed by atoms with Crippen LogP contribution < -0.4 is 0 Å². The number of pyridine rings is 1. The van der Waals surface area contributed by atoms with E-state index < -0.39 is 0 Å². The highest BCUT2D eigenvalue weighted by Gasteiger charge is 2.08. The van der Waals surface area contributed by atoms with E-state index in [2.05, 4.69) is 50.2 Å². The minimum Gasteiger partial charge on any atom is -0.248 e. The van der Waals surface area contributed by atoms with Crippen LogP contribution in [0.4, 0.5) is 0 Å². The quantitative estimate of drug-likeness (QED) is 0.642. The Hall–Kier alpha value is -2.59. The molecule has 102 valence electrons. The molecule has 2 aromatic carbocycles. The monoisotopic (exact) mass is 271 g/mol. The molecule has 1 aromatic heterocycles. The van der Waals surface area contributed by atoms with E-state index in [4.69, 9.17) is 4.98 Å². The van der Waals surface area contributed by atoms with Crippen molar-refractivity contribution in [2.45, 2.75) is 19.8 Å². The second-order valence-corrected chi connectivity index (χ2v) is 5.41. The average Bonchev–Trinajstić information content (AvgIpc) is 2.56. The maximum Gasteiger partial charge on any atom is 0.0719 e. The third-order valence-electron chi connectivity index (χ3n) is 3.54. The molecule has 1 heterocycles. The molecular weight excluding hydrogens is 254 g/mol. The molecule has 0 atom stereocenters. The summed E-state index contributed by atoms with van der Waals surface area (Å²) < 4.78 is 0. The lowest BCUT2D eigenvalue weighted by molar-refractivity contribution is 0.864. The van der Waals surface area contributed by atoms with Crippen molar-refractivity contribution in [1.29, 1.82) is 0 Å². The van der Waals surface area contributed by atoms with E-state index in [-0.39, 0.29) is 0 Å². The summed E-state index contributed by atoms with van der Waals surface area (Å²) in [7, 11) is 0. The van der Waals surface area contributed by atoms with Crippen LogP contribution in [0.15, 0.2) is 60.7 Å². The first-order valence-electron chi connectivity index (χ1n) is 7.19. The van der Waals surface area contributed by atoms with Gasteiger partial charge in [-0.2, -0.15) is 0 Å². The number of aromatic nitrogens is 1. The van der Waals surface area contributed by atoms with E-state index in [1.54, 1.807) is 0 Å². The van der Waals surface area contributed by atoms with Gasteiger partial charge in [-0.05, 0) is 41.8 Å². The Kier molecular flexibility index (Phi) is 3.71. The molecule has 1 nitrogen and oxygen atoms in total. The lowest BCUT2D eigenvalue weighted by atomic mass is 9.98. The minimum absolute atomic E-state index is 0.466. The van der Waals surface area contributed by atoms with Crippen LogP contribution in [0.25, 0.3) is 22.5 Å². The van der Waals surface area contributed by atoms with Crippen molar-refractivity contribution in [3.63, 3.8) is 0 Å². The molecule has 1 heteroatoms. The van der Waals surface area contributed by atoms with Crippen LogP contribution >= 0.6 is 0 Å². The molecule has 0 saturated heterocycles. The van der Waals surface area contributed by atoms with Gasteiger partial charge in [-0.15, -0.1) is 0 Å². The van der Waals surface area contributed by atoms with Gasteiger partial charge >= 0.3 is 0 Å². The van der Waals surface area contributed by atoms with E-state index in [1.165, 1.54) is 5.56 Å². The standard InChI is InChI=1S/C20H17N/c1-15(2)18-13-19(16-9-5-3-6-10-16)21-20(14-18)17-11-7-4-8-12-17/h3,5-7,9-15H,1-2H3. The van der Waals surface area contributed by atoms with Crippen molar-refractivity contribution in [3.05, 3.63) is 78.4 Å². The van der Waals surface area contributed by atoms with Gasteiger partial charge < -0.3 is 0 Å². The zero-order valence-corrected chi connectivity index (χ0v) is 12.3. The van der Waals surface area contributed by atoms with Crippen molar-refractivity contribution >= 4 is 0 Å². The molecule has 0 amide bonds. The third kappa shape index (κ3) is 2.95. The SMILES string of the molecule is CC(C)c1cc(-c2cc#ccc2)nc(-c2ccccc2)c1. The third-order valence-corrected chi connectivity index (χ3v) is 3.54. The fourth-order valence-corrected chi connectivity index (χ4v) is 2.30. The van der Waals surface area contributed by atoms with Crippen molar-refractivity contribution in [1.82, 2.24) is 4.98 Å². The Morgan fingerprint density at radius 3 is 2.19 bits per heavy atom. The highest BCUT2D eigenvalue weighted by atomic mass is 14.7. The van der Waals surface area contributed by atoms with Gasteiger partial charge in [-0.25, -0.2) is 4.98 Å². The number of benzene rings is 1. The summed E-state index contributed by atoms with van der Waals surface area (Å²) >= 11 is 0. The van der Waals surface area contributed by atoms with Gasteiger partial charge in [0.25, 0.3) is 0 Å². The van der Waals surface area contributed by atoms with Crippen molar-refractivity contribution in [2.24, 2.45) is 0 Å². The van der Waals surface area contributed by atoms with Crippen LogP contribution in [0.5, 0.6) is 0 Å². The van der Waals surface area contributed by atoms with Gasteiger partial charge in [0.05, 0.1) is 11.4 Å². The van der Waals surface area contributed by atoms with Crippen LogP contribution in [0.3, 0.4) is 0 Å². The van der Waals surface area contributed by atoms with Gasteiger partial charge in [0, 0.05) is 11.1 Å². The normalized spacial score (nSPS) is 10.4. The van der Waals surface area contributed by atoms with Gasteiger partial charge in [0.15, 0.2) is 0 Å². The van der Waals surface area contributed by atoms with Gasteiger partial charge in [-0.1, -0.05) is 56.3 Å². The minimum atomic E-state index is 0.466. The molecule has 3 rings (SSSR count). The number of hydrogen-bond donors (Lipinski definition) is 0. The summed E-state index contributed by atoms with van der Waals surface area (Å²) in [4.78, 5) is 4.82. The Bertz CT molecular complexity index is 658. The molecule has 0 spiro atoms. The molecule has 0 unspecified atom stereocenters. The van der Waals surface area contributed by atoms with Gasteiger partial charge in [-0.3, -0.25) is 0 Å². The molecule has 0 fully saturated rings. The van der Waals surface area contributed by atoms with Gasteiger partial charge in [0.2, 0.25) is 0 Å². The van der Waals surface area contributed by atoms with E-state index in [1.807, 2.05) is 36.4 Å². The number of nitrogens with zero attached hydrogens (tertiary/aromatic N) is 1. The molecule has 0 bridgehead atoms. The van der Waals surface area contributed by atoms with E-state index in [0.29, 0.717) is 5.92 Å². The highest BCUT2D eigenvalue weighted by Crippen LogP contribution is 2.27. The van der Waals surface area contributed by atoms with Crippen LogP contribution in [0.2, 0.25) is 0 Å². The molecule has 0 aliphatic carbocycles. The topological polar surface area (TPSA) is 12.9 Å². The Morgan fingerprint density at radius 2 is 1.57 bits per heavy atom. The summed E-state index contributed by atoms with van der Waals surface area (Å²) in [5.41, 5.74) is 5.53. The van der Waals surface area contributed by atoms with Crippen molar-refractivity contribution in [3.8, 4) is 22.5 Å². The Labute approximate surface area is 126 Å². The van der Waals surface area contributed by atoms with Crippen LogP contribution in [0, 0.1) is 12.1 Å². The summed E-state index contributed by atoms with van der Waals surface area (Å²) in [6, 6.07) is 26.4. The lowest BCUT2D eigenvalue weighted by Crippen LogP contribution is -1.94. The fourth-order valence-electron chi connectivity index (χ4n) is 2.30. The van der Waals surface area contributed by atoms with E-state index in [0.717, 1.165) is 22.5 Å². The zero-order valence-electron chi connectivity index (χ0n) is 12.3. The van der Waals surface area contributed by atoms with Crippen molar-refractivity contribution < 1.29 is 0 Å². The van der Waals surface area contributed by atoms with E-state index >= 15 is 0 Å². The smallest absolute Gasteiger partial charge is 0.0719 e. The predicted octanol–water partition coefficient (Wildman–Crippen LogP) is 5.14. The van der Waals surface area contributed by atoms with Crippen LogP contribution in [-0.4, -0.2) is 4.98 Å². The average molecular weight is 271 g/mol. The maximum atomic E-state index is 4.82. The number of hydrogen-bond acceptors (Lipinski definition) is 1. The fraction of sp³-hybridized carbons (Fsp3) is 0.150. The second kappa shape index (κ2) is 5.81. The predicted molar refractivity (Wildman–Crippen MR) is 86.9 cm³/mol. The molecule has 0 aliphatic rings. The first kappa shape index (κ1) is 13.4. The Morgan fingerprint density at radius 1 is 0.857 bits per heavy atom. The molecule has 0 radical (unpaired) electrons. The van der Waals surface area contributed by atoms with Crippen LogP contribution in [0.1, 0.15) is 25.3 Å². The second-order valence-electron chi connectivity index (χ2n) is 5.41. The lowest BCUT2D eigenvalue weighted by Gasteiger charge is -2.11.